The molecule has 0 aliphatic rings. The van der Waals surface area contributed by atoms with Gasteiger partial charge in [-0.1, -0.05) is 15.9 Å². The van der Waals surface area contributed by atoms with Gasteiger partial charge in [-0.15, -0.1) is 0 Å². The molecule has 5 nitrogen and oxygen atoms in total. The predicted molar refractivity (Wildman–Crippen MR) is 77.2 cm³/mol. The van der Waals surface area contributed by atoms with Crippen molar-refractivity contribution in [3.8, 4) is 0 Å². The van der Waals surface area contributed by atoms with Crippen LogP contribution in [0.4, 0.5) is 5.69 Å². The fourth-order valence-corrected chi connectivity index (χ4v) is 1.74. The highest BCUT2D eigenvalue weighted by Gasteiger charge is 2.03. The molecule has 0 aliphatic carbocycles. The lowest BCUT2D eigenvalue weighted by atomic mass is 10.2. The molecule has 3 N–H and O–H groups in total. The zero-order valence-corrected chi connectivity index (χ0v) is 12.3. The van der Waals surface area contributed by atoms with E-state index in [-0.39, 0.29) is 18.9 Å². The number of halogens is 1. The van der Waals surface area contributed by atoms with E-state index in [1.54, 1.807) is 0 Å². The summed E-state index contributed by atoms with van der Waals surface area (Å²) < 4.78 is 0.997. The first kappa shape index (κ1) is 15.7. The summed E-state index contributed by atoms with van der Waals surface area (Å²) in [6, 6.07) is 5.58. The van der Waals surface area contributed by atoms with Gasteiger partial charge in [0.05, 0.1) is 6.54 Å². The molecular weight excluding hydrogens is 312 g/mol. The summed E-state index contributed by atoms with van der Waals surface area (Å²) in [4.78, 5) is 21.9. The molecular formula is C13H17BrN2O3. The average Bonchev–Trinajstić information content (AvgIpc) is 2.33. The van der Waals surface area contributed by atoms with Crippen LogP contribution in [-0.4, -0.2) is 30.1 Å². The van der Waals surface area contributed by atoms with Crippen LogP contribution in [0.25, 0.3) is 0 Å². The molecule has 0 heterocycles. The molecule has 0 saturated carbocycles. The highest BCUT2D eigenvalue weighted by Crippen LogP contribution is 2.19. The third-order valence-corrected chi connectivity index (χ3v) is 3.36. The van der Waals surface area contributed by atoms with Gasteiger partial charge in [0, 0.05) is 16.6 Å². The Morgan fingerprint density at radius 2 is 2.11 bits per heavy atom. The van der Waals surface area contributed by atoms with E-state index >= 15 is 0 Å². The molecule has 19 heavy (non-hydrogen) atoms. The molecule has 1 rings (SSSR count). The maximum atomic E-state index is 11.6. The van der Waals surface area contributed by atoms with Gasteiger partial charge in [-0.25, -0.2) is 0 Å². The summed E-state index contributed by atoms with van der Waals surface area (Å²) in [5.74, 6) is -0.964. The molecule has 0 saturated heterocycles. The van der Waals surface area contributed by atoms with Crippen LogP contribution >= 0.6 is 15.9 Å². The number of nitrogens with one attached hydrogen (secondary N) is 2. The van der Waals surface area contributed by atoms with E-state index in [0.29, 0.717) is 13.0 Å². The first-order valence-corrected chi connectivity index (χ1v) is 6.77. The van der Waals surface area contributed by atoms with Crippen LogP contribution in [0.5, 0.6) is 0 Å². The Morgan fingerprint density at radius 1 is 1.37 bits per heavy atom. The summed E-state index contributed by atoms with van der Waals surface area (Å²) in [5, 5.41) is 14.1. The molecule has 0 atom stereocenters. The minimum atomic E-state index is -0.823. The molecule has 0 aromatic heterocycles. The van der Waals surface area contributed by atoms with E-state index in [1.807, 2.05) is 25.1 Å². The number of aliphatic carboxylic acids is 1. The van der Waals surface area contributed by atoms with Crippen molar-refractivity contribution in [2.45, 2.75) is 19.8 Å². The normalized spacial score (nSPS) is 10.2. The summed E-state index contributed by atoms with van der Waals surface area (Å²) in [6.07, 6.45) is 0.626. The van der Waals surface area contributed by atoms with E-state index in [1.165, 1.54) is 0 Å². The number of aryl methyl sites for hydroxylation is 1. The maximum absolute atomic E-state index is 11.6. The van der Waals surface area contributed by atoms with Crippen LogP contribution in [0.15, 0.2) is 22.7 Å². The Labute approximate surface area is 120 Å². The predicted octanol–water partition coefficient (Wildman–Crippen LogP) is 2.15. The minimum Gasteiger partial charge on any atom is -0.481 e. The van der Waals surface area contributed by atoms with Crippen LogP contribution in [0.1, 0.15) is 18.4 Å². The Hall–Kier alpha value is -1.40. The van der Waals surface area contributed by atoms with Gasteiger partial charge in [-0.05, 0) is 43.7 Å². The Bertz CT molecular complexity index is 463. The van der Waals surface area contributed by atoms with Crippen molar-refractivity contribution >= 4 is 33.5 Å². The molecule has 104 valence electrons. The highest BCUT2D eigenvalue weighted by atomic mass is 79.9. The smallest absolute Gasteiger partial charge is 0.303 e. The number of rotatable bonds is 7. The van der Waals surface area contributed by atoms with Gasteiger partial charge in [0.15, 0.2) is 0 Å². The molecule has 0 bridgehead atoms. The van der Waals surface area contributed by atoms with Crippen LogP contribution < -0.4 is 10.6 Å². The Balaban J connectivity index is 2.27. The van der Waals surface area contributed by atoms with Crippen LogP contribution in [-0.2, 0) is 9.59 Å². The van der Waals surface area contributed by atoms with Crippen molar-refractivity contribution in [1.29, 1.82) is 0 Å². The molecule has 6 heteroatoms. The number of carboxylic acid groups (broad SMARTS) is 1. The summed E-state index contributed by atoms with van der Waals surface area (Å²) >= 11 is 3.39. The number of hydrogen-bond acceptors (Lipinski definition) is 3. The zero-order valence-electron chi connectivity index (χ0n) is 10.7. The van der Waals surface area contributed by atoms with Gasteiger partial charge >= 0.3 is 5.97 Å². The van der Waals surface area contributed by atoms with Crippen molar-refractivity contribution < 1.29 is 14.7 Å². The largest absolute Gasteiger partial charge is 0.481 e. The standard InChI is InChI=1S/C13H17BrN2O3/c1-9-7-10(4-5-11(9)14)16-12(17)8-15-6-2-3-13(18)19/h4-5,7,15H,2-3,6,8H2,1H3,(H,16,17)(H,18,19). The Kier molecular flexibility index (Phi) is 6.52. The molecule has 1 amide bonds. The number of carbonyl (C=O) groups excluding carboxylic acids is 1. The van der Waals surface area contributed by atoms with Gasteiger partial charge in [0.2, 0.25) is 5.91 Å². The van der Waals surface area contributed by atoms with Gasteiger partial charge < -0.3 is 15.7 Å². The molecule has 1 aromatic carbocycles. The zero-order chi connectivity index (χ0) is 14.3. The van der Waals surface area contributed by atoms with Crippen molar-refractivity contribution in [2.75, 3.05) is 18.4 Å². The second-order valence-electron chi connectivity index (χ2n) is 4.19. The number of carbonyl (C=O) groups is 2. The van der Waals surface area contributed by atoms with Crippen molar-refractivity contribution in [3.05, 3.63) is 28.2 Å². The summed E-state index contributed by atoms with van der Waals surface area (Å²) in [6.45, 7) is 2.64. The monoisotopic (exact) mass is 328 g/mol. The molecule has 0 unspecified atom stereocenters. The first-order chi connectivity index (χ1) is 8.99. The van der Waals surface area contributed by atoms with E-state index in [9.17, 15) is 9.59 Å². The summed E-state index contributed by atoms with van der Waals surface area (Å²) in [5.41, 5.74) is 1.80. The number of amides is 1. The number of carboxylic acids is 1. The topological polar surface area (TPSA) is 78.4 Å². The fourth-order valence-electron chi connectivity index (χ4n) is 1.49. The number of hydrogen-bond donors (Lipinski definition) is 3. The lowest BCUT2D eigenvalue weighted by Crippen LogP contribution is -2.29. The molecule has 1 aromatic rings. The van der Waals surface area contributed by atoms with Crippen LogP contribution in [0.3, 0.4) is 0 Å². The van der Waals surface area contributed by atoms with E-state index in [2.05, 4.69) is 26.6 Å². The van der Waals surface area contributed by atoms with Gasteiger partial charge in [0.25, 0.3) is 0 Å². The van der Waals surface area contributed by atoms with Gasteiger partial charge in [-0.2, -0.15) is 0 Å². The van der Waals surface area contributed by atoms with E-state index < -0.39 is 5.97 Å². The lowest BCUT2D eigenvalue weighted by Gasteiger charge is -2.08. The number of benzene rings is 1. The quantitative estimate of drug-likeness (QED) is 0.670. The third-order valence-electron chi connectivity index (χ3n) is 2.47. The molecule has 0 aliphatic heterocycles. The number of anilines is 1. The van der Waals surface area contributed by atoms with Crippen molar-refractivity contribution in [3.63, 3.8) is 0 Å². The van der Waals surface area contributed by atoms with E-state index in [0.717, 1.165) is 15.7 Å². The molecule has 0 fully saturated rings. The second kappa shape index (κ2) is 7.91. The third kappa shape index (κ3) is 6.35. The molecule has 0 spiro atoms. The van der Waals surface area contributed by atoms with Gasteiger partial charge in [0.1, 0.15) is 0 Å². The minimum absolute atomic E-state index is 0.112. The van der Waals surface area contributed by atoms with Crippen molar-refractivity contribution in [1.82, 2.24) is 5.32 Å². The van der Waals surface area contributed by atoms with Crippen LogP contribution in [0.2, 0.25) is 0 Å². The highest BCUT2D eigenvalue weighted by molar-refractivity contribution is 9.10. The van der Waals surface area contributed by atoms with Crippen molar-refractivity contribution in [2.24, 2.45) is 0 Å². The lowest BCUT2D eigenvalue weighted by molar-refractivity contribution is -0.137. The SMILES string of the molecule is Cc1cc(NC(=O)CNCCCC(=O)O)ccc1Br. The van der Waals surface area contributed by atoms with E-state index in [4.69, 9.17) is 5.11 Å². The second-order valence-corrected chi connectivity index (χ2v) is 5.04. The fraction of sp³-hybridized carbons (Fsp3) is 0.385. The maximum Gasteiger partial charge on any atom is 0.303 e. The van der Waals surface area contributed by atoms with Crippen LogP contribution in [0, 0.1) is 6.92 Å². The average molecular weight is 329 g/mol. The summed E-state index contributed by atoms with van der Waals surface area (Å²) in [7, 11) is 0. The first-order valence-electron chi connectivity index (χ1n) is 5.97. The molecule has 0 radical (unpaired) electrons. The van der Waals surface area contributed by atoms with Gasteiger partial charge in [-0.3, -0.25) is 9.59 Å². The Morgan fingerprint density at radius 3 is 2.74 bits per heavy atom.